The number of methoxy groups -OCH3 is 1. The summed E-state index contributed by atoms with van der Waals surface area (Å²) in [6, 6.07) is 2.89. The van der Waals surface area contributed by atoms with Gasteiger partial charge in [-0.1, -0.05) is 11.6 Å². The largest absolute Gasteiger partial charge is 0.496 e. The lowest BCUT2D eigenvalue weighted by Crippen LogP contribution is -2.10. The Morgan fingerprint density at radius 1 is 1.50 bits per heavy atom. The topological polar surface area (TPSA) is 35.5 Å². The maximum absolute atomic E-state index is 13.6. The highest BCUT2D eigenvalue weighted by molar-refractivity contribution is 6.30. The first-order valence-corrected chi connectivity index (χ1v) is 5.14. The molecule has 0 saturated carbocycles. The van der Waals surface area contributed by atoms with E-state index in [0.717, 1.165) is 0 Å². The van der Waals surface area contributed by atoms with Gasteiger partial charge in [-0.25, -0.2) is 4.39 Å². The van der Waals surface area contributed by atoms with Gasteiger partial charge < -0.3 is 9.47 Å². The van der Waals surface area contributed by atoms with Crippen molar-refractivity contribution in [3.05, 3.63) is 28.5 Å². The predicted octanol–water partition coefficient (Wildman–Crippen LogP) is 2.59. The molecule has 0 bridgehead atoms. The lowest BCUT2D eigenvalue weighted by molar-refractivity contribution is -0.142. The molecule has 0 aliphatic rings. The molecule has 0 saturated heterocycles. The quantitative estimate of drug-likeness (QED) is 0.766. The van der Waals surface area contributed by atoms with Gasteiger partial charge in [0.15, 0.2) is 0 Å². The molecule has 0 aromatic heterocycles. The van der Waals surface area contributed by atoms with Gasteiger partial charge in [0, 0.05) is 5.56 Å². The minimum Gasteiger partial charge on any atom is -0.496 e. The van der Waals surface area contributed by atoms with Crippen molar-refractivity contribution in [2.75, 3.05) is 13.7 Å². The number of benzene rings is 1. The lowest BCUT2D eigenvalue weighted by Gasteiger charge is -2.09. The summed E-state index contributed by atoms with van der Waals surface area (Å²) < 4.78 is 23.3. The van der Waals surface area contributed by atoms with Crippen LogP contribution < -0.4 is 4.74 Å². The smallest absolute Gasteiger partial charge is 0.310 e. The highest BCUT2D eigenvalue weighted by Gasteiger charge is 2.16. The van der Waals surface area contributed by atoms with Crippen LogP contribution >= 0.6 is 11.6 Å². The Hall–Kier alpha value is -1.29. The van der Waals surface area contributed by atoms with Crippen molar-refractivity contribution in [1.29, 1.82) is 0 Å². The highest BCUT2D eigenvalue weighted by Crippen LogP contribution is 2.27. The number of carbonyl (C=O) groups excluding carboxylic acids is 1. The van der Waals surface area contributed by atoms with Gasteiger partial charge in [-0.05, 0) is 19.1 Å². The number of rotatable bonds is 4. The van der Waals surface area contributed by atoms with Crippen molar-refractivity contribution in [2.45, 2.75) is 13.3 Å². The van der Waals surface area contributed by atoms with E-state index >= 15 is 0 Å². The first-order valence-electron chi connectivity index (χ1n) is 4.76. The summed E-state index contributed by atoms with van der Waals surface area (Å²) in [4.78, 5) is 11.3. The minimum atomic E-state index is -0.644. The van der Waals surface area contributed by atoms with Crippen LogP contribution in [-0.2, 0) is 16.0 Å². The lowest BCUT2D eigenvalue weighted by atomic mass is 10.1. The van der Waals surface area contributed by atoms with Gasteiger partial charge in [0.1, 0.15) is 11.6 Å². The maximum Gasteiger partial charge on any atom is 0.310 e. The van der Waals surface area contributed by atoms with Crippen LogP contribution in [0.2, 0.25) is 5.02 Å². The van der Waals surface area contributed by atoms with Crippen molar-refractivity contribution in [3.63, 3.8) is 0 Å². The minimum absolute atomic E-state index is 0.0416. The molecular weight excluding hydrogens is 235 g/mol. The number of hydrogen-bond acceptors (Lipinski definition) is 3. The molecule has 16 heavy (non-hydrogen) atoms. The summed E-state index contributed by atoms with van der Waals surface area (Å²) in [6.07, 6.45) is -0.191. The van der Waals surface area contributed by atoms with E-state index in [4.69, 9.17) is 21.1 Å². The van der Waals surface area contributed by atoms with Gasteiger partial charge in [-0.15, -0.1) is 0 Å². The molecule has 0 atom stereocenters. The second-order valence-electron chi connectivity index (χ2n) is 3.02. The number of halogens is 2. The fraction of sp³-hybridized carbons (Fsp3) is 0.364. The second kappa shape index (κ2) is 5.70. The molecule has 0 spiro atoms. The van der Waals surface area contributed by atoms with E-state index < -0.39 is 11.8 Å². The van der Waals surface area contributed by atoms with Crippen LogP contribution in [0.15, 0.2) is 12.1 Å². The molecule has 0 aliphatic heterocycles. The molecule has 0 amide bonds. The zero-order valence-electron chi connectivity index (χ0n) is 9.05. The van der Waals surface area contributed by atoms with Crippen LogP contribution in [0.3, 0.4) is 0 Å². The Morgan fingerprint density at radius 2 is 2.19 bits per heavy atom. The Kier molecular flexibility index (Phi) is 4.55. The van der Waals surface area contributed by atoms with Crippen molar-refractivity contribution >= 4 is 17.6 Å². The zero-order valence-corrected chi connectivity index (χ0v) is 9.81. The van der Waals surface area contributed by atoms with E-state index in [2.05, 4.69) is 0 Å². The van der Waals surface area contributed by atoms with Crippen molar-refractivity contribution in [2.24, 2.45) is 0 Å². The van der Waals surface area contributed by atoms with E-state index in [9.17, 15) is 9.18 Å². The van der Waals surface area contributed by atoms with E-state index in [0.29, 0.717) is 0 Å². The molecule has 0 fully saturated rings. The molecule has 1 rings (SSSR count). The number of ether oxygens (including phenoxy) is 2. The molecule has 0 unspecified atom stereocenters. The summed E-state index contributed by atoms with van der Waals surface area (Å²) in [7, 11) is 1.40. The summed E-state index contributed by atoms with van der Waals surface area (Å²) >= 11 is 5.62. The summed E-state index contributed by atoms with van der Waals surface area (Å²) in [5.74, 6) is -0.869. The highest BCUT2D eigenvalue weighted by atomic mass is 35.5. The van der Waals surface area contributed by atoms with E-state index in [1.54, 1.807) is 6.92 Å². The monoisotopic (exact) mass is 246 g/mol. The third-order valence-electron chi connectivity index (χ3n) is 2.00. The molecule has 0 radical (unpaired) electrons. The third-order valence-corrected chi connectivity index (χ3v) is 2.29. The number of esters is 1. The van der Waals surface area contributed by atoms with Crippen LogP contribution in [0.1, 0.15) is 12.5 Å². The van der Waals surface area contributed by atoms with Gasteiger partial charge in [0.05, 0.1) is 25.2 Å². The Labute approximate surface area is 98.1 Å². The molecular formula is C11H12ClFO3. The maximum atomic E-state index is 13.6. The van der Waals surface area contributed by atoms with Gasteiger partial charge in [0.2, 0.25) is 0 Å². The first kappa shape index (κ1) is 12.8. The zero-order chi connectivity index (χ0) is 12.1. The Bertz CT molecular complexity index is 393. The van der Waals surface area contributed by atoms with Crippen molar-refractivity contribution in [3.8, 4) is 5.75 Å². The average Bonchev–Trinajstić information content (AvgIpc) is 2.25. The summed E-state index contributed by atoms with van der Waals surface area (Å²) in [6.45, 7) is 1.94. The second-order valence-corrected chi connectivity index (χ2v) is 3.43. The molecule has 0 heterocycles. The standard InChI is InChI=1S/C11H12ClFO3/c1-3-16-10(14)6-7-9(15-2)5-4-8(12)11(7)13/h4-5H,3,6H2,1-2H3. The van der Waals surface area contributed by atoms with Gasteiger partial charge in [-0.2, -0.15) is 0 Å². The van der Waals surface area contributed by atoms with Crippen molar-refractivity contribution < 1.29 is 18.7 Å². The van der Waals surface area contributed by atoms with Crippen LogP contribution in [0.5, 0.6) is 5.75 Å². The molecule has 5 heteroatoms. The normalized spacial score (nSPS) is 10.0. The molecule has 88 valence electrons. The first-order chi connectivity index (χ1) is 7.60. The summed E-state index contributed by atoms with van der Waals surface area (Å²) in [5.41, 5.74) is 0.119. The van der Waals surface area contributed by atoms with Gasteiger partial charge in [-0.3, -0.25) is 4.79 Å². The fourth-order valence-corrected chi connectivity index (χ4v) is 1.46. The van der Waals surface area contributed by atoms with Gasteiger partial charge >= 0.3 is 5.97 Å². The molecule has 3 nitrogen and oxygen atoms in total. The summed E-state index contributed by atoms with van der Waals surface area (Å²) in [5, 5.41) is -0.0416. The van der Waals surface area contributed by atoms with E-state index in [1.165, 1.54) is 19.2 Å². The van der Waals surface area contributed by atoms with Crippen LogP contribution in [0.25, 0.3) is 0 Å². The number of carbonyl (C=O) groups is 1. The Balaban J connectivity index is 3.00. The van der Waals surface area contributed by atoms with Crippen molar-refractivity contribution in [1.82, 2.24) is 0 Å². The molecule has 0 N–H and O–H groups in total. The SMILES string of the molecule is CCOC(=O)Cc1c(OC)ccc(Cl)c1F. The Morgan fingerprint density at radius 3 is 2.75 bits per heavy atom. The fourth-order valence-electron chi connectivity index (χ4n) is 1.29. The third kappa shape index (κ3) is 2.85. The molecule has 1 aromatic carbocycles. The van der Waals surface area contributed by atoms with Crippen LogP contribution in [0.4, 0.5) is 4.39 Å². The molecule has 1 aromatic rings. The van der Waals surface area contributed by atoms with E-state index in [1.807, 2.05) is 0 Å². The molecule has 0 aliphatic carbocycles. The predicted molar refractivity (Wildman–Crippen MR) is 58.3 cm³/mol. The number of hydrogen-bond donors (Lipinski definition) is 0. The van der Waals surface area contributed by atoms with E-state index in [-0.39, 0.29) is 29.4 Å². The average molecular weight is 247 g/mol. The van der Waals surface area contributed by atoms with Gasteiger partial charge in [0.25, 0.3) is 0 Å². The van der Waals surface area contributed by atoms with Crippen LogP contribution in [0, 0.1) is 5.82 Å². The van der Waals surface area contributed by atoms with Crippen LogP contribution in [-0.4, -0.2) is 19.7 Å².